The van der Waals surface area contributed by atoms with Crippen molar-refractivity contribution in [3.8, 4) is 6.07 Å². The van der Waals surface area contributed by atoms with Crippen LogP contribution in [0.15, 0.2) is 18.2 Å². The minimum atomic E-state index is -0.0183. The van der Waals surface area contributed by atoms with Crippen molar-refractivity contribution in [2.24, 2.45) is 5.92 Å². The highest BCUT2D eigenvalue weighted by Gasteiger charge is 2.21. The van der Waals surface area contributed by atoms with Crippen LogP contribution in [0.3, 0.4) is 0 Å². The SMILES string of the molecule is N#Cc1ccc(NC(=O)CCN2CCC(CCN3CCOCC3)CC2)cc1Cl. The van der Waals surface area contributed by atoms with Gasteiger partial charge in [0.15, 0.2) is 0 Å². The molecule has 1 aromatic rings. The highest BCUT2D eigenvalue weighted by molar-refractivity contribution is 6.32. The molecular weight excluding hydrogens is 376 g/mol. The van der Waals surface area contributed by atoms with Gasteiger partial charge in [-0.1, -0.05) is 11.6 Å². The molecule has 0 radical (unpaired) electrons. The maximum atomic E-state index is 12.2. The number of benzene rings is 1. The Balaban J connectivity index is 1.32. The Morgan fingerprint density at radius 2 is 1.89 bits per heavy atom. The number of amides is 1. The number of hydrogen-bond acceptors (Lipinski definition) is 5. The summed E-state index contributed by atoms with van der Waals surface area (Å²) in [6.07, 6.45) is 4.18. The van der Waals surface area contributed by atoms with Crippen LogP contribution in [0.4, 0.5) is 5.69 Å². The number of nitriles is 1. The first-order valence-electron chi connectivity index (χ1n) is 10.2. The van der Waals surface area contributed by atoms with Crippen molar-refractivity contribution in [3.05, 3.63) is 28.8 Å². The van der Waals surface area contributed by atoms with E-state index in [0.29, 0.717) is 22.7 Å². The molecule has 1 N–H and O–H groups in total. The van der Waals surface area contributed by atoms with Crippen molar-refractivity contribution < 1.29 is 9.53 Å². The Labute approximate surface area is 172 Å². The van der Waals surface area contributed by atoms with Gasteiger partial charge in [0.05, 0.1) is 23.8 Å². The quantitative estimate of drug-likeness (QED) is 0.756. The Bertz CT molecular complexity index is 692. The molecule has 0 aromatic heterocycles. The van der Waals surface area contributed by atoms with Gasteiger partial charge in [-0.15, -0.1) is 0 Å². The lowest BCUT2D eigenvalue weighted by Crippen LogP contribution is -2.39. The molecule has 2 aliphatic rings. The molecule has 6 nitrogen and oxygen atoms in total. The number of ether oxygens (including phenoxy) is 1. The van der Waals surface area contributed by atoms with Gasteiger partial charge < -0.3 is 15.0 Å². The highest BCUT2D eigenvalue weighted by Crippen LogP contribution is 2.22. The van der Waals surface area contributed by atoms with Gasteiger partial charge in [-0.05, 0) is 63.0 Å². The largest absolute Gasteiger partial charge is 0.379 e. The van der Waals surface area contributed by atoms with Gasteiger partial charge in [0, 0.05) is 31.7 Å². The number of piperidine rings is 1. The lowest BCUT2D eigenvalue weighted by molar-refractivity contribution is -0.116. The molecule has 2 heterocycles. The average molecular weight is 405 g/mol. The van der Waals surface area contributed by atoms with Crippen molar-refractivity contribution in [2.45, 2.75) is 25.7 Å². The first-order valence-corrected chi connectivity index (χ1v) is 10.5. The second-order valence-electron chi connectivity index (χ2n) is 7.63. The maximum absolute atomic E-state index is 12.2. The molecule has 0 bridgehead atoms. The number of anilines is 1. The molecule has 2 saturated heterocycles. The number of nitrogens with one attached hydrogen (secondary N) is 1. The Hall–Kier alpha value is -1.65. The lowest BCUT2D eigenvalue weighted by atomic mass is 9.93. The van der Waals surface area contributed by atoms with Crippen molar-refractivity contribution >= 4 is 23.2 Å². The first kappa shape index (κ1) is 21.1. The van der Waals surface area contributed by atoms with Gasteiger partial charge in [-0.2, -0.15) is 5.26 Å². The summed E-state index contributed by atoms with van der Waals surface area (Å²) in [6, 6.07) is 6.97. The number of hydrogen-bond donors (Lipinski definition) is 1. The van der Waals surface area contributed by atoms with E-state index in [0.717, 1.165) is 51.9 Å². The van der Waals surface area contributed by atoms with Gasteiger partial charge in [-0.25, -0.2) is 0 Å². The van der Waals surface area contributed by atoms with Crippen LogP contribution in [0.1, 0.15) is 31.2 Å². The number of nitrogens with zero attached hydrogens (tertiary/aromatic N) is 3. The standard InChI is InChI=1S/C21H29ClN4O2/c22-20-15-19(2-1-18(20)16-23)24-21(27)6-10-25-7-3-17(4-8-25)5-9-26-11-13-28-14-12-26/h1-2,15,17H,3-14H2,(H,24,27). The van der Waals surface area contributed by atoms with Gasteiger partial charge in [0.2, 0.25) is 5.91 Å². The predicted molar refractivity (Wildman–Crippen MR) is 110 cm³/mol. The fraction of sp³-hybridized carbons (Fsp3) is 0.619. The molecule has 7 heteroatoms. The minimum absolute atomic E-state index is 0.0183. The van der Waals surface area contributed by atoms with Crippen molar-refractivity contribution in [3.63, 3.8) is 0 Å². The number of likely N-dealkylation sites (tertiary alicyclic amines) is 1. The zero-order valence-corrected chi connectivity index (χ0v) is 17.1. The summed E-state index contributed by atoms with van der Waals surface area (Å²) in [5.41, 5.74) is 1.05. The monoisotopic (exact) mass is 404 g/mol. The number of carbonyl (C=O) groups is 1. The Kier molecular flexibility index (Phi) is 8.11. The third-order valence-electron chi connectivity index (χ3n) is 5.69. The van der Waals surface area contributed by atoms with E-state index in [1.165, 1.54) is 25.8 Å². The van der Waals surface area contributed by atoms with Crippen molar-refractivity contribution in [1.82, 2.24) is 9.80 Å². The van der Waals surface area contributed by atoms with E-state index in [9.17, 15) is 4.79 Å². The third-order valence-corrected chi connectivity index (χ3v) is 6.01. The number of morpholine rings is 1. The summed E-state index contributed by atoms with van der Waals surface area (Å²) < 4.78 is 5.41. The fourth-order valence-corrected chi connectivity index (χ4v) is 4.08. The molecule has 28 heavy (non-hydrogen) atoms. The molecule has 0 unspecified atom stereocenters. The van der Waals surface area contributed by atoms with Crippen LogP contribution >= 0.6 is 11.6 Å². The second kappa shape index (κ2) is 10.8. The molecule has 0 spiro atoms. The van der Waals surface area contributed by atoms with Crippen LogP contribution in [-0.4, -0.2) is 68.2 Å². The van der Waals surface area contributed by atoms with E-state index >= 15 is 0 Å². The topological polar surface area (TPSA) is 68.6 Å². The van der Waals surface area contributed by atoms with Crippen LogP contribution in [-0.2, 0) is 9.53 Å². The van der Waals surface area contributed by atoms with Crippen molar-refractivity contribution in [2.75, 3.05) is 57.8 Å². The molecule has 3 rings (SSSR count). The summed E-state index contributed by atoms with van der Waals surface area (Å²) in [6.45, 7) is 7.99. The zero-order valence-electron chi connectivity index (χ0n) is 16.3. The van der Waals surface area contributed by atoms with Gasteiger partial charge in [0.25, 0.3) is 0 Å². The Morgan fingerprint density at radius 1 is 1.18 bits per heavy atom. The average Bonchev–Trinajstić information content (AvgIpc) is 2.72. The lowest BCUT2D eigenvalue weighted by Gasteiger charge is -2.33. The molecule has 2 aliphatic heterocycles. The first-order chi connectivity index (χ1) is 13.6. The minimum Gasteiger partial charge on any atom is -0.379 e. The normalized spacial score (nSPS) is 19.3. The van der Waals surface area contributed by atoms with E-state index in [2.05, 4.69) is 15.1 Å². The van der Waals surface area contributed by atoms with Crippen molar-refractivity contribution in [1.29, 1.82) is 5.26 Å². The van der Waals surface area contributed by atoms with Gasteiger partial charge in [0.1, 0.15) is 6.07 Å². The van der Waals surface area contributed by atoms with Crippen LogP contribution in [0.5, 0.6) is 0 Å². The summed E-state index contributed by atoms with van der Waals surface area (Å²) >= 11 is 6.01. The summed E-state index contributed by atoms with van der Waals surface area (Å²) in [4.78, 5) is 17.1. The number of rotatable bonds is 7. The fourth-order valence-electron chi connectivity index (χ4n) is 3.86. The zero-order chi connectivity index (χ0) is 19.8. The molecule has 0 aliphatic carbocycles. The van der Waals surface area contributed by atoms with Gasteiger partial charge in [-0.3, -0.25) is 9.69 Å². The Morgan fingerprint density at radius 3 is 2.57 bits per heavy atom. The van der Waals surface area contributed by atoms with Crippen LogP contribution < -0.4 is 5.32 Å². The van der Waals surface area contributed by atoms with Crippen LogP contribution in [0.25, 0.3) is 0 Å². The van der Waals surface area contributed by atoms with E-state index in [1.54, 1.807) is 18.2 Å². The molecule has 2 fully saturated rings. The maximum Gasteiger partial charge on any atom is 0.225 e. The second-order valence-corrected chi connectivity index (χ2v) is 8.04. The van der Waals surface area contributed by atoms with Gasteiger partial charge >= 0.3 is 0 Å². The highest BCUT2D eigenvalue weighted by atomic mass is 35.5. The predicted octanol–water partition coefficient (Wildman–Crippen LogP) is 2.97. The molecule has 0 saturated carbocycles. The molecule has 0 atom stereocenters. The van der Waals surface area contributed by atoms with Crippen LogP contribution in [0.2, 0.25) is 5.02 Å². The summed E-state index contributed by atoms with van der Waals surface area (Å²) in [5, 5.41) is 12.1. The van der Waals surface area contributed by atoms with E-state index in [-0.39, 0.29) is 5.91 Å². The third kappa shape index (κ3) is 6.46. The summed E-state index contributed by atoms with van der Waals surface area (Å²) in [5.74, 6) is 0.781. The van der Waals surface area contributed by atoms with Crippen LogP contribution in [0, 0.1) is 17.2 Å². The summed E-state index contributed by atoms with van der Waals surface area (Å²) in [7, 11) is 0. The molecule has 152 valence electrons. The van der Waals surface area contributed by atoms with E-state index in [1.807, 2.05) is 6.07 Å². The molecular formula is C21H29ClN4O2. The number of halogens is 1. The van der Waals surface area contributed by atoms with E-state index in [4.69, 9.17) is 21.6 Å². The smallest absolute Gasteiger partial charge is 0.225 e. The molecule has 1 amide bonds. The molecule has 1 aromatic carbocycles. The number of carbonyl (C=O) groups excluding carboxylic acids is 1. The van der Waals surface area contributed by atoms with E-state index < -0.39 is 0 Å².